The standard InChI is InChI=1S/C40H26N4O/c1-3-10-25(11-4-1)28-20-18-26-19-21-30(23-31(26)22-28)39-42-38(27-12-5-2-6-13-27)43-40(44-39)32-15-9-17-34-36(32)37-35(45-34)24-29-14-7-8-16-33(29)41-37/h1-24,38H,(H,42,43,44). The van der Waals surface area contributed by atoms with Crippen molar-refractivity contribution in [1.29, 1.82) is 0 Å². The molecule has 0 bridgehead atoms. The zero-order valence-electron chi connectivity index (χ0n) is 24.2. The minimum Gasteiger partial charge on any atom is -0.454 e. The molecule has 0 saturated heterocycles. The van der Waals surface area contributed by atoms with E-state index in [1.165, 1.54) is 16.5 Å². The van der Waals surface area contributed by atoms with Crippen molar-refractivity contribution in [2.45, 2.75) is 6.17 Å². The largest absolute Gasteiger partial charge is 0.454 e. The van der Waals surface area contributed by atoms with Crippen molar-refractivity contribution in [3.8, 4) is 11.1 Å². The number of fused-ring (bicyclic) bond motifs is 5. The van der Waals surface area contributed by atoms with Crippen LogP contribution in [0, 0.1) is 0 Å². The van der Waals surface area contributed by atoms with E-state index in [-0.39, 0.29) is 6.17 Å². The quantitative estimate of drug-likeness (QED) is 0.226. The van der Waals surface area contributed by atoms with Crippen molar-refractivity contribution in [3.63, 3.8) is 0 Å². The maximum atomic E-state index is 6.34. The maximum Gasteiger partial charge on any atom is 0.159 e. The molecule has 0 fully saturated rings. The lowest BCUT2D eigenvalue weighted by atomic mass is 9.99. The molecule has 1 aliphatic heterocycles. The molecule has 0 radical (unpaired) electrons. The van der Waals surface area contributed by atoms with Gasteiger partial charge in [0, 0.05) is 16.5 Å². The van der Waals surface area contributed by atoms with Gasteiger partial charge in [-0.3, -0.25) is 0 Å². The molecular weight excluding hydrogens is 552 g/mol. The second-order valence-electron chi connectivity index (χ2n) is 11.3. The van der Waals surface area contributed by atoms with Gasteiger partial charge in [-0.2, -0.15) is 0 Å². The molecule has 1 N–H and O–H groups in total. The average Bonchev–Trinajstić information content (AvgIpc) is 3.48. The summed E-state index contributed by atoms with van der Waals surface area (Å²) in [6.45, 7) is 0. The van der Waals surface area contributed by atoms with Gasteiger partial charge in [-0.05, 0) is 57.8 Å². The third-order valence-electron chi connectivity index (χ3n) is 8.49. The molecule has 45 heavy (non-hydrogen) atoms. The number of amidine groups is 2. The molecule has 5 heteroatoms. The van der Waals surface area contributed by atoms with E-state index in [1.807, 2.05) is 54.6 Å². The fraction of sp³-hybridized carbons (Fsp3) is 0.0250. The topological polar surface area (TPSA) is 62.8 Å². The third kappa shape index (κ3) is 4.45. The van der Waals surface area contributed by atoms with E-state index in [0.29, 0.717) is 5.84 Å². The fourth-order valence-electron chi connectivity index (χ4n) is 6.25. The van der Waals surface area contributed by atoms with E-state index in [4.69, 9.17) is 19.4 Å². The predicted molar refractivity (Wildman–Crippen MR) is 184 cm³/mol. The number of pyridine rings is 1. The van der Waals surface area contributed by atoms with Gasteiger partial charge < -0.3 is 9.73 Å². The van der Waals surface area contributed by atoms with Crippen LogP contribution in [0.2, 0.25) is 0 Å². The van der Waals surface area contributed by atoms with E-state index < -0.39 is 0 Å². The lowest BCUT2D eigenvalue weighted by Gasteiger charge is -2.24. The molecule has 8 aromatic rings. The lowest BCUT2D eigenvalue weighted by Crippen LogP contribution is -2.33. The van der Waals surface area contributed by atoms with E-state index in [0.717, 1.165) is 60.9 Å². The van der Waals surface area contributed by atoms with Crippen molar-refractivity contribution >= 4 is 55.4 Å². The molecule has 6 aromatic carbocycles. The van der Waals surface area contributed by atoms with Gasteiger partial charge >= 0.3 is 0 Å². The van der Waals surface area contributed by atoms with Crippen LogP contribution in [0.3, 0.4) is 0 Å². The van der Waals surface area contributed by atoms with E-state index >= 15 is 0 Å². The molecule has 9 rings (SSSR count). The smallest absolute Gasteiger partial charge is 0.159 e. The highest BCUT2D eigenvalue weighted by molar-refractivity contribution is 6.22. The molecule has 1 aliphatic rings. The normalized spacial score (nSPS) is 14.9. The second kappa shape index (κ2) is 10.3. The summed E-state index contributed by atoms with van der Waals surface area (Å²) in [5.41, 5.74) is 8.59. The summed E-state index contributed by atoms with van der Waals surface area (Å²) in [5.74, 6) is 1.41. The van der Waals surface area contributed by atoms with Crippen LogP contribution in [0.25, 0.3) is 54.9 Å². The van der Waals surface area contributed by atoms with Crippen LogP contribution in [-0.4, -0.2) is 16.7 Å². The predicted octanol–water partition coefficient (Wildman–Crippen LogP) is 9.45. The third-order valence-corrected chi connectivity index (χ3v) is 8.49. The van der Waals surface area contributed by atoms with Gasteiger partial charge in [0.25, 0.3) is 0 Å². The summed E-state index contributed by atoms with van der Waals surface area (Å²) >= 11 is 0. The first-order valence-corrected chi connectivity index (χ1v) is 15.1. The summed E-state index contributed by atoms with van der Waals surface area (Å²) in [6, 6.07) is 50.1. The molecular formula is C40H26N4O. The van der Waals surface area contributed by atoms with Crippen LogP contribution < -0.4 is 5.32 Å². The number of benzene rings is 6. The van der Waals surface area contributed by atoms with Crippen LogP contribution in [0.1, 0.15) is 22.9 Å². The van der Waals surface area contributed by atoms with Crippen molar-refractivity contribution in [3.05, 3.63) is 162 Å². The molecule has 212 valence electrons. The van der Waals surface area contributed by atoms with Crippen LogP contribution in [0.4, 0.5) is 0 Å². The Labute approximate surface area is 259 Å². The summed E-state index contributed by atoms with van der Waals surface area (Å²) in [6.07, 6.45) is -0.317. The number of para-hydroxylation sites is 1. The highest BCUT2D eigenvalue weighted by Crippen LogP contribution is 2.34. The van der Waals surface area contributed by atoms with Gasteiger partial charge in [0.05, 0.1) is 10.9 Å². The molecule has 0 aliphatic carbocycles. The first kappa shape index (κ1) is 25.4. The molecule has 0 saturated carbocycles. The van der Waals surface area contributed by atoms with Gasteiger partial charge in [-0.15, -0.1) is 0 Å². The Morgan fingerprint density at radius 2 is 1.31 bits per heavy atom. The maximum absolute atomic E-state index is 6.34. The SMILES string of the molecule is c1ccc(-c2ccc3ccc(C4=NC(c5ccccc5)NC(c5cccc6oc7cc8ccccc8nc7c56)=N4)cc3c2)cc1. The molecule has 1 unspecified atom stereocenters. The van der Waals surface area contributed by atoms with Crippen LogP contribution in [0.5, 0.6) is 0 Å². The minimum atomic E-state index is -0.317. The zero-order valence-corrected chi connectivity index (χ0v) is 24.2. The van der Waals surface area contributed by atoms with Crippen molar-refractivity contribution < 1.29 is 4.42 Å². The van der Waals surface area contributed by atoms with Crippen molar-refractivity contribution in [2.24, 2.45) is 9.98 Å². The number of nitrogens with one attached hydrogen (secondary N) is 1. The highest BCUT2D eigenvalue weighted by atomic mass is 16.3. The molecule has 0 spiro atoms. The number of aliphatic imine (C=N–C) groups is 2. The first-order chi connectivity index (χ1) is 22.3. The van der Waals surface area contributed by atoms with Gasteiger partial charge in [0.15, 0.2) is 11.4 Å². The molecule has 1 atom stereocenters. The fourth-order valence-corrected chi connectivity index (χ4v) is 6.25. The number of nitrogens with zero attached hydrogens (tertiary/aromatic N) is 3. The van der Waals surface area contributed by atoms with Crippen LogP contribution in [-0.2, 0) is 0 Å². The first-order valence-electron chi connectivity index (χ1n) is 15.1. The number of furan rings is 1. The van der Waals surface area contributed by atoms with E-state index in [1.54, 1.807) is 0 Å². The average molecular weight is 579 g/mol. The van der Waals surface area contributed by atoms with Gasteiger partial charge in [-0.25, -0.2) is 15.0 Å². The number of hydrogen-bond acceptors (Lipinski definition) is 5. The Balaban J connectivity index is 1.22. The molecule has 0 amide bonds. The minimum absolute atomic E-state index is 0.317. The summed E-state index contributed by atoms with van der Waals surface area (Å²) in [7, 11) is 0. The van der Waals surface area contributed by atoms with Crippen molar-refractivity contribution in [2.75, 3.05) is 0 Å². The number of hydrogen-bond donors (Lipinski definition) is 1. The summed E-state index contributed by atoms with van der Waals surface area (Å²) < 4.78 is 6.34. The van der Waals surface area contributed by atoms with Crippen molar-refractivity contribution in [1.82, 2.24) is 10.3 Å². The Bertz CT molecular complexity index is 2460. The van der Waals surface area contributed by atoms with E-state index in [9.17, 15) is 0 Å². The van der Waals surface area contributed by atoms with E-state index in [2.05, 4.69) is 96.3 Å². The highest BCUT2D eigenvalue weighted by Gasteiger charge is 2.24. The van der Waals surface area contributed by atoms with Crippen LogP contribution in [0.15, 0.2) is 160 Å². The number of aromatic nitrogens is 1. The van der Waals surface area contributed by atoms with Gasteiger partial charge in [0.2, 0.25) is 0 Å². The lowest BCUT2D eigenvalue weighted by molar-refractivity contribution is 0.667. The Hall–Kier alpha value is -6.07. The monoisotopic (exact) mass is 578 g/mol. The Kier molecular flexibility index (Phi) is 5.81. The molecule has 2 aromatic heterocycles. The van der Waals surface area contributed by atoms with Gasteiger partial charge in [-0.1, -0.05) is 115 Å². The van der Waals surface area contributed by atoms with Crippen LogP contribution >= 0.6 is 0 Å². The molecule has 3 heterocycles. The Morgan fingerprint density at radius 1 is 0.556 bits per heavy atom. The second-order valence-corrected chi connectivity index (χ2v) is 11.3. The summed E-state index contributed by atoms with van der Waals surface area (Å²) in [4.78, 5) is 15.3. The molecule has 5 nitrogen and oxygen atoms in total. The number of rotatable bonds is 4. The van der Waals surface area contributed by atoms with Gasteiger partial charge in [0.1, 0.15) is 23.1 Å². The Morgan fingerprint density at radius 3 is 2.18 bits per heavy atom. The summed E-state index contributed by atoms with van der Waals surface area (Å²) in [5, 5.41) is 7.92. The zero-order chi connectivity index (χ0) is 29.7.